The number of rotatable bonds is 1. The standard InChI is InChI=1S/C11H15F3N2O/c1-2-8(17)16-7-10(3-5-15-6-4-10)9(16)11(12,13)14/h2,9,15H,1,3-7H2/t9-/m0/s1. The van der Waals surface area contributed by atoms with Crippen LogP contribution in [0.25, 0.3) is 0 Å². The largest absolute Gasteiger partial charge is 0.409 e. The molecule has 2 heterocycles. The van der Waals surface area contributed by atoms with Crippen LogP contribution >= 0.6 is 0 Å². The van der Waals surface area contributed by atoms with E-state index in [1.807, 2.05) is 0 Å². The van der Waals surface area contributed by atoms with Crippen LogP contribution in [0.4, 0.5) is 13.2 Å². The number of piperidine rings is 1. The molecule has 2 aliphatic rings. The van der Waals surface area contributed by atoms with E-state index in [0.29, 0.717) is 25.9 Å². The zero-order chi connectivity index (χ0) is 12.7. The van der Waals surface area contributed by atoms with E-state index < -0.39 is 23.5 Å². The third kappa shape index (κ3) is 1.94. The van der Waals surface area contributed by atoms with Gasteiger partial charge in [0.05, 0.1) is 0 Å². The summed E-state index contributed by atoms with van der Waals surface area (Å²) >= 11 is 0. The molecule has 6 heteroatoms. The topological polar surface area (TPSA) is 32.3 Å². The fraction of sp³-hybridized carbons (Fsp3) is 0.727. The number of nitrogens with one attached hydrogen (secondary N) is 1. The predicted molar refractivity (Wildman–Crippen MR) is 56.3 cm³/mol. The molecular weight excluding hydrogens is 233 g/mol. The van der Waals surface area contributed by atoms with Crippen LogP contribution in [0.5, 0.6) is 0 Å². The minimum Gasteiger partial charge on any atom is -0.326 e. The Labute approximate surface area is 97.7 Å². The van der Waals surface area contributed by atoms with Gasteiger partial charge >= 0.3 is 6.18 Å². The van der Waals surface area contributed by atoms with Gasteiger partial charge in [-0.1, -0.05) is 6.58 Å². The second kappa shape index (κ2) is 4.01. The maximum absolute atomic E-state index is 13.0. The Morgan fingerprint density at radius 2 is 2.00 bits per heavy atom. The molecule has 17 heavy (non-hydrogen) atoms. The monoisotopic (exact) mass is 248 g/mol. The molecule has 0 bridgehead atoms. The fourth-order valence-electron chi connectivity index (χ4n) is 2.94. The Bertz CT molecular complexity index is 334. The number of hydrogen-bond donors (Lipinski definition) is 1. The van der Waals surface area contributed by atoms with Gasteiger partial charge in [0.25, 0.3) is 0 Å². The molecule has 0 aromatic rings. The lowest BCUT2D eigenvalue weighted by Gasteiger charge is -2.59. The SMILES string of the molecule is C=CC(=O)N1CC2(CCNCC2)[C@H]1C(F)(F)F. The summed E-state index contributed by atoms with van der Waals surface area (Å²) in [6, 6.07) is -1.64. The first-order valence-electron chi connectivity index (χ1n) is 5.61. The van der Waals surface area contributed by atoms with Crippen LogP contribution in [0, 0.1) is 5.41 Å². The number of likely N-dealkylation sites (tertiary alicyclic amines) is 1. The van der Waals surface area contributed by atoms with Crippen molar-refractivity contribution in [2.75, 3.05) is 19.6 Å². The molecule has 1 atom stereocenters. The molecule has 0 unspecified atom stereocenters. The molecule has 1 N–H and O–H groups in total. The van der Waals surface area contributed by atoms with Crippen molar-refractivity contribution in [2.24, 2.45) is 5.41 Å². The molecule has 0 aromatic heterocycles. The first-order valence-corrected chi connectivity index (χ1v) is 5.61. The Hall–Kier alpha value is -1.04. The van der Waals surface area contributed by atoms with Crippen LogP contribution in [0.2, 0.25) is 0 Å². The van der Waals surface area contributed by atoms with E-state index in [4.69, 9.17) is 0 Å². The van der Waals surface area contributed by atoms with Crippen molar-refractivity contribution in [2.45, 2.75) is 25.1 Å². The van der Waals surface area contributed by atoms with Gasteiger partial charge in [-0.05, 0) is 32.0 Å². The number of carbonyl (C=O) groups excluding carboxylic acids is 1. The van der Waals surface area contributed by atoms with Crippen molar-refractivity contribution in [3.8, 4) is 0 Å². The predicted octanol–water partition coefficient (Wildman–Crippen LogP) is 1.32. The van der Waals surface area contributed by atoms with Crippen LogP contribution in [0.15, 0.2) is 12.7 Å². The van der Waals surface area contributed by atoms with Gasteiger partial charge in [0, 0.05) is 12.0 Å². The lowest BCUT2D eigenvalue weighted by atomic mass is 9.65. The molecule has 1 amide bonds. The normalized spacial score (nSPS) is 27.7. The van der Waals surface area contributed by atoms with Gasteiger partial charge in [-0.15, -0.1) is 0 Å². The molecule has 96 valence electrons. The van der Waals surface area contributed by atoms with Crippen LogP contribution in [0.1, 0.15) is 12.8 Å². The summed E-state index contributed by atoms with van der Waals surface area (Å²) in [4.78, 5) is 12.3. The van der Waals surface area contributed by atoms with E-state index in [9.17, 15) is 18.0 Å². The van der Waals surface area contributed by atoms with Gasteiger partial charge in [0.1, 0.15) is 6.04 Å². The Morgan fingerprint density at radius 3 is 2.47 bits per heavy atom. The quantitative estimate of drug-likeness (QED) is 0.710. The molecule has 0 aliphatic carbocycles. The zero-order valence-electron chi connectivity index (χ0n) is 9.39. The van der Waals surface area contributed by atoms with Crippen molar-refractivity contribution in [3.05, 3.63) is 12.7 Å². The highest BCUT2D eigenvalue weighted by Gasteiger charge is 2.64. The maximum Gasteiger partial charge on any atom is 0.409 e. The molecule has 2 fully saturated rings. The Morgan fingerprint density at radius 1 is 1.41 bits per heavy atom. The Balaban J connectivity index is 2.21. The smallest absolute Gasteiger partial charge is 0.326 e. The second-order valence-corrected chi connectivity index (χ2v) is 4.73. The highest BCUT2D eigenvalue weighted by molar-refractivity contribution is 5.88. The molecule has 2 rings (SSSR count). The summed E-state index contributed by atoms with van der Waals surface area (Å²) in [6.07, 6.45) is -2.46. The van der Waals surface area contributed by atoms with Crippen molar-refractivity contribution >= 4 is 5.91 Å². The van der Waals surface area contributed by atoms with Crippen molar-refractivity contribution in [1.82, 2.24) is 10.2 Å². The molecule has 0 radical (unpaired) electrons. The third-order valence-corrected chi connectivity index (χ3v) is 3.74. The van der Waals surface area contributed by atoms with E-state index in [-0.39, 0.29) is 6.54 Å². The van der Waals surface area contributed by atoms with E-state index in [0.717, 1.165) is 11.0 Å². The van der Waals surface area contributed by atoms with Crippen molar-refractivity contribution in [1.29, 1.82) is 0 Å². The number of halogens is 3. The van der Waals surface area contributed by atoms with Gasteiger partial charge in [-0.3, -0.25) is 4.79 Å². The first kappa shape index (κ1) is 12.4. The highest BCUT2D eigenvalue weighted by Crippen LogP contribution is 2.51. The van der Waals surface area contributed by atoms with Gasteiger partial charge < -0.3 is 10.2 Å². The summed E-state index contributed by atoms with van der Waals surface area (Å²) in [5, 5.41) is 3.05. The second-order valence-electron chi connectivity index (χ2n) is 4.73. The molecule has 2 aliphatic heterocycles. The molecule has 3 nitrogen and oxygen atoms in total. The summed E-state index contributed by atoms with van der Waals surface area (Å²) < 4.78 is 39.1. The van der Waals surface area contributed by atoms with Gasteiger partial charge in [0.15, 0.2) is 0 Å². The molecular formula is C11H15F3N2O. The van der Waals surface area contributed by atoms with Gasteiger partial charge in [-0.2, -0.15) is 13.2 Å². The minimum atomic E-state index is -4.35. The van der Waals surface area contributed by atoms with E-state index in [1.165, 1.54) is 0 Å². The van der Waals surface area contributed by atoms with Gasteiger partial charge in [-0.25, -0.2) is 0 Å². The number of nitrogens with zero attached hydrogens (tertiary/aromatic N) is 1. The molecule has 0 aromatic carbocycles. The lowest BCUT2D eigenvalue weighted by Crippen LogP contribution is -2.73. The number of amides is 1. The number of hydrogen-bond acceptors (Lipinski definition) is 2. The summed E-state index contributed by atoms with van der Waals surface area (Å²) in [5.74, 6) is -0.628. The first-order chi connectivity index (χ1) is 7.91. The number of alkyl halides is 3. The lowest BCUT2D eigenvalue weighted by molar-refractivity contribution is -0.262. The molecule has 0 saturated carbocycles. The van der Waals surface area contributed by atoms with Crippen LogP contribution in [-0.4, -0.2) is 42.7 Å². The highest BCUT2D eigenvalue weighted by atomic mass is 19.4. The van der Waals surface area contributed by atoms with Gasteiger partial charge in [0.2, 0.25) is 5.91 Å². The van der Waals surface area contributed by atoms with Crippen LogP contribution < -0.4 is 5.32 Å². The average Bonchev–Trinajstić information content (AvgIpc) is 2.24. The van der Waals surface area contributed by atoms with Crippen LogP contribution in [0.3, 0.4) is 0 Å². The Kier molecular flexibility index (Phi) is 2.93. The van der Waals surface area contributed by atoms with E-state index in [2.05, 4.69) is 11.9 Å². The zero-order valence-corrected chi connectivity index (χ0v) is 9.39. The average molecular weight is 248 g/mol. The minimum absolute atomic E-state index is 0.198. The molecule has 1 spiro atoms. The third-order valence-electron chi connectivity index (χ3n) is 3.74. The van der Waals surface area contributed by atoms with Crippen LogP contribution in [-0.2, 0) is 4.79 Å². The fourth-order valence-corrected chi connectivity index (χ4v) is 2.94. The van der Waals surface area contributed by atoms with E-state index in [1.54, 1.807) is 0 Å². The van der Waals surface area contributed by atoms with E-state index >= 15 is 0 Å². The van der Waals surface area contributed by atoms with Crippen molar-refractivity contribution in [3.63, 3.8) is 0 Å². The summed E-state index contributed by atoms with van der Waals surface area (Å²) in [5.41, 5.74) is -0.776. The summed E-state index contributed by atoms with van der Waals surface area (Å²) in [6.45, 7) is 4.61. The maximum atomic E-state index is 13.0. The van der Waals surface area contributed by atoms with Crippen molar-refractivity contribution < 1.29 is 18.0 Å². The number of carbonyl (C=O) groups is 1. The molecule has 2 saturated heterocycles. The summed E-state index contributed by atoms with van der Waals surface area (Å²) in [7, 11) is 0.